The predicted molar refractivity (Wildman–Crippen MR) is 79.2 cm³/mol. The Kier molecular flexibility index (Phi) is 5.58. The fourth-order valence-corrected chi connectivity index (χ4v) is 2.88. The Balaban J connectivity index is 2.38. The molecule has 0 spiro atoms. The number of carbonyl (C=O) groups is 1. The van der Waals surface area contributed by atoms with E-state index in [0.29, 0.717) is 12.2 Å². The Hall–Kier alpha value is -1.14. The van der Waals surface area contributed by atoms with Crippen LogP contribution in [0.4, 0.5) is 4.39 Å². The summed E-state index contributed by atoms with van der Waals surface area (Å²) in [7, 11) is 1.37. The summed E-state index contributed by atoms with van der Waals surface area (Å²) in [5, 5.41) is 0. The van der Waals surface area contributed by atoms with Crippen LogP contribution < -0.4 is 4.74 Å². The van der Waals surface area contributed by atoms with E-state index in [-0.39, 0.29) is 18.5 Å². The normalized spacial score (nSPS) is 19.3. The van der Waals surface area contributed by atoms with E-state index in [4.69, 9.17) is 14.2 Å². The number of ether oxygens (including phenoxy) is 3. The molecular formula is C15H18BrFO4. The lowest BCUT2D eigenvalue weighted by molar-refractivity contribution is -0.142. The van der Waals surface area contributed by atoms with Gasteiger partial charge in [-0.3, -0.25) is 4.79 Å². The van der Waals surface area contributed by atoms with Crippen molar-refractivity contribution in [3.8, 4) is 5.75 Å². The summed E-state index contributed by atoms with van der Waals surface area (Å²) >= 11 is 3.26. The van der Waals surface area contributed by atoms with Crippen LogP contribution in [0.2, 0.25) is 0 Å². The van der Waals surface area contributed by atoms with Crippen molar-refractivity contribution in [1.29, 1.82) is 0 Å². The third-order valence-electron chi connectivity index (χ3n) is 3.37. The molecule has 0 radical (unpaired) electrons. The maximum absolute atomic E-state index is 14.2. The van der Waals surface area contributed by atoms with E-state index in [2.05, 4.69) is 15.9 Å². The van der Waals surface area contributed by atoms with E-state index in [9.17, 15) is 9.18 Å². The number of rotatable bonds is 5. The van der Waals surface area contributed by atoms with E-state index >= 15 is 0 Å². The first-order valence-corrected chi connectivity index (χ1v) is 7.79. The van der Waals surface area contributed by atoms with Gasteiger partial charge in [0.2, 0.25) is 0 Å². The zero-order chi connectivity index (χ0) is 15.4. The summed E-state index contributed by atoms with van der Waals surface area (Å²) < 4.78 is 29.8. The summed E-state index contributed by atoms with van der Waals surface area (Å²) in [6, 6.07) is 3.15. The van der Waals surface area contributed by atoms with Gasteiger partial charge < -0.3 is 14.2 Å². The molecule has 1 saturated heterocycles. The Bertz CT molecular complexity index is 515. The third kappa shape index (κ3) is 3.55. The summed E-state index contributed by atoms with van der Waals surface area (Å²) in [5.74, 6) is -0.930. The highest BCUT2D eigenvalue weighted by Crippen LogP contribution is 2.38. The molecule has 1 fully saturated rings. The number of hydrogen-bond donors (Lipinski definition) is 0. The van der Waals surface area contributed by atoms with Gasteiger partial charge in [0.25, 0.3) is 0 Å². The molecular weight excluding hydrogens is 343 g/mol. The summed E-state index contributed by atoms with van der Waals surface area (Å²) in [5.41, 5.74) is 1.14. The molecule has 1 heterocycles. The number of alkyl halides is 1. The average molecular weight is 361 g/mol. The first kappa shape index (κ1) is 16.2. The van der Waals surface area contributed by atoms with Crippen molar-refractivity contribution in [2.24, 2.45) is 0 Å². The van der Waals surface area contributed by atoms with E-state index in [1.54, 1.807) is 13.0 Å². The first-order chi connectivity index (χ1) is 10.1. The van der Waals surface area contributed by atoms with Crippen molar-refractivity contribution in [3.05, 3.63) is 29.1 Å². The molecule has 2 rings (SSSR count). The van der Waals surface area contributed by atoms with Crippen LogP contribution in [-0.4, -0.2) is 26.3 Å². The van der Waals surface area contributed by atoms with Gasteiger partial charge in [0, 0.05) is 12.2 Å². The van der Waals surface area contributed by atoms with Crippen molar-refractivity contribution in [3.63, 3.8) is 0 Å². The van der Waals surface area contributed by atoms with Gasteiger partial charge in [0.05, 0.1) is 19.8 Å². The van der Waals surface area contributed by atoms with Gasteiger partial charge in [-0.2, -0.15) is 0 Å². The van der Waals surface area contributed by atoms with Crippen LogP contribution in [0.25, 0.3) is 0 Å². The molecule has 2 atom stereocenters. The molecule has 1 unspecified atom stereocenters. The van der Waals surface area contributed by atoms with Crippen LogP contribution in [0.3, 0.4) is 0 Å². The summed E-state index contributed by atoms with van der Waals surface area (Å²) in [6.07, 6.45) is 1.66. The van der Waals surface area contributed by atoms with Gasteiger partial charge in [-0.25, -0.2) is 4.39 Å². The highest BCUT2D eigenvalue weighted by molar-refractivity contribution is 9.09. The molecule has 21 heavy (non-hydrogen) atoms. The van der Waals surface area contributed by atoms with Gasteiger partial charge in [-0.05, 0) is 37.5 Å². The number of benzene rings is 1. The maximum atomic E-state index is 14.2. The molecule has 116 valence electrons. The molecule has 0 amide bonds. The van der Waals surface area contributed by atoms with Gasteiger partial charge >= 0.3 is 5.97 Å². The largest absolute Gasteiger partial charge is 0.493 e. The van der Waals surface area contributed by atoms with Crippen LogP contribution in [0.1, 0.15) is 41.8 Å². The lowest BCUT2D eigenvalue weighted by Gasteiger charge is -2.18. The van der Waals surface area contributed by atoms with Gasteiger partial charge in [-0.1, -0.05) is 15.9 Å². The molecule has 1 aromatic rings. The summed E-state index contributed by atoms with van der Waals surface area (Å²) in [6.45, 7) is 2.65. The predicted octanol–water partition coefficient (Wildman–Crippen LogP) is 3.68. The highest BCUT2D eigenvalue weighted by atomic mass is 79.9. The minimum absolute atomic E-state index is 0.0478. The van der Waals surface area contributed by atoms with Crippen LogP contribution in [0.15, 0.2) is 12.1 Å². The second-order valence-corrected chi connectivity index (χ2v) is 5.66. The molecule has 1 aliphatic heterocycles. The van der Waals surface area contributed by atoms with Gasteiger partial charge in [0.15, 0.2) is 11.6 Å². The molecule has 4 nitrogen and oxygen atoms in total. The second kappa shape index (κ2) is 7.22. The van der Waals surface area contributed by atoms with Crippen LogP contribution >= 0.6 is 15.9 Å². The van der Waals surface area contributed by atoms with E-state index in [1.807, 2.05) is 0 Å². The standard InChI is InChI=1S/C15H18BrFO4/c1-3-20-15(18)13(16)10-7-9(12-5-4-6-21-12)8-11(17)14(10)19-2/h7-8,12-13H,3-6H2,1-2H3/t12-,13?/m0/s1. The fraction of sp³-hybridized carbons (Fsp3) is 0.533. The highest BCUT2D eigenvalue weighted by Gasteiger charge is 2.27. The van der Waals surface area contributed by atoms with Crippen LogP contribution in [0, 0.1) is 5.82 Å². The zero-order valence-corrected chi connectivity index (χ0v) is 13.6. The smallest absolute Gasteiger partial charge is 0.324 e. The lowest BCUT2D eigenvalue weighted by atomic mass is 10.0. The third-order valence-corrected chi connectivity index (χ3v) is 4.23. The lowest BCUT2D eigenvalue weighted by Crippen LogP contribution is -2.13. The number of esters is 1. The topological polar surface area (TPSA) is 44.8 Å². The average Bonchev–Trinajstić information content (AvgIpc) is 3.00. The van der Waals surface area contributed by atoms with Gasteiger partial charge in [0.1, 0.15) is 4.83 Å². The molecule has 0 aromatic heterocycles. The van der Waals surface area contributed by atoms with E-state index in [1.165, 1.54) is 13.2 Å². The monoisotopic (exact) mass is 360 g/mol. The summed E-state index contributed by atoms with van der Waals surface area (Å²) in [4.78, 5) is 11.1. The van der Waals surface area contributed by atoms with Crippen molar-refractivity contribution in [1.82, 2.24) is 0 Å². The van der Waals surface area contributed by atoms with Crippen molar-refractivity contribution in [2.75, 3.05) is 20.3 Å². The number of methoxy groups -OCH3 is 1. The van der Waals surface area contributed by atoms with E-state index in [0.717, 1.165) is 18.4 Å². The molecule has 0 aliphatic carbocycles. The molecule has 1 aromatic carbocycles. The zero-order valence-electron chi connectivity index (χ0n) is 12.0. The SMILES string of the molecule is CCOC(=O)C(Br)c1cc([C@@H]2CCCO2)cc(F)c1OC. The maximum Gasteiger partial charge on any atom is 0.324 e. The Morgan fingerprint density at radius 3 is 2.90 bits per heavy atom. The molecule has 0 saturated carbocycles. The minimum atomic E-state index is -0.775. The Labute approximate surface area is 131 Å². The fourth-order valence-electron chi connectivity index (χ4n) is 2.41. The van der Waals surface area contributed by atoms with Crippen molar-refractivity contribution < 1.29 is 23.4 Å². The Morgan fingerprint density at radius 1 is 1.57 bits per heavy atom. The minimum Gasteiger partial charge on any atom is -0.493 e. The first-order valence-electron chi connectivity index (χ1n) is 6.88. The molecule has 6 heteroatoms. The van der Waals surface area contributed by atoms with Crippen molar-refractivity contribution >= 4 is 21.9 Å². The van der Waals surface area contributed by atoms with Crippen LogP contribution in [0.5, 0.6) is 5.75 Å². The number of carbonyl (C=O) groups excluding carboxylic acids is 1. The Morgan fingerprint density at radius 2 is 2.33 bits per heavy atom. The number of hydrogen-bond acceptors (Lipinski definition) is 4. The molecule has 0 N–H and O–H groups in total. The van der Waals surface area contributed by atoms with E-state index < -0.39 is 16.6 Å². The van der Waals surface area contributed by atoms with Gasteiger partial charge in [-0.15, -0.1) is 0 Å². The molecule has 1 aliphatic rings. The second-order valence-electron chi connectivity index (χ2n) is 4.74. The quantitative estimate of drug-likeness (QED) is 0.593. The van der Waals surface area contributed by atoms with Crippen molar-refractivity contribution in [2.45, 2.75) is 30.7 Å². The van der Waals surface area contributed by atoms with Crippen LogP contribution in [-0.2, 0) is 14.3 Å². The number of halogens is 2. The molecule has 0 bridgehead atoms.